The Kier molecular flexibility index (Phi) is 7.75. The Morgan fingerprint density at radius 2 is 1.90 bits per heavy atom. The maximum Gasteiger partial charge on any atom is 0.408 e. The van der Waals surface area contributed by atoms with Crippen LogP contribution in [0.15, 0.2) is 41.3 Å². The van der Waals surface area contributed by atoms with E-state index in [0.29, 0.717) is 6.07 Å². The van der Waals surface area contributed by atoms with Gasteiger partial charge < -0.3 is 15.4 Å². The minimum absolute atomic E-state index is 0.0171. The third-order valence-corrected chi connectivity index (χ3v) is 6.20. The molecule has 10 nitrogen and oxygen atoms in total. The van der Waals surface area contributed by atoms with E-state index in [0.717, 1.165) is 22.9 Å². The number of carbonyl (C=O) groups excluding carboxylic acids is 3. The van der Waals surface area contributed by atoms with Gasteiger partial charge in [0.1, 0.15) is 35.2 Å². The average molecular weight is 567 g/mol. The summed E-state index contributed by atoms with van der Waals surface area (Å²) in [7, 11) is 1.34. The number of anilines is 1. The number of hydrogen-bond acceptors (Lipinski definition) is 6. The topological polar surface area (TPSA) is 123 Å². The molecule has 1 fully saturated rings. The molecule has 4 rings (SSSR count). The highest BCUT2D eigenvalue weighted by Crippen LogP contribution is 2.27. The fraction of sp³-hybridized carbons (Fsp3) is 0.320. The molecule has 2 atom stereocenters. The molecule has 0 spiro atoms. The normalized spacial score (nSPS) is 16.2. The summed E-state index contributed by atoms with van der Waals surface area (Å²) >= 11 is 0. The second-order valence-electron chi connectivity index (χ2n) is 8.84. The number of aromatic nitrogens is 2. The van der Waals surface area contributed by atoms with Crippen molar-refractivity contribution in [2.45, 2.75) is 38.1 Å². The summed E-state index contributed by atoms with van der Waals surface area (Å²) in [5.41, 5.74) is -2.39. The van der Waals surface area contributed by atoms with Gasteiger partial charge in [0.2, 0.25) is 11.3 Å². The third-order valence-electron chi connectivity index (χ3n) is 6.20. The summed E-state index contributed by atoms with van der Waals surface area (Å²) in [5.74, 6) is -3.91. The van der Waals surface area contributed by atoms with Crippen molar-refractivity contribution >= 4 is 34.8 Å². The van der Waals surface area contributed by atoms with Crippen molar-refractivity contribution in [1.29, 1.82) is 0 Å². The number of halogens is 5. The number of pyridine rings is 2. The van der Waals surface area contributed by atoms with Crippen LogP contribution in [0, 0.1) is 11.6 Å². The van der Waals surface area contributed by atoms with Gasteiger partial charge in [-0.3, -0.25) is 23.9 Å². The van der Waals surface area contributed by atoms with E-state index in [-0.39, 0.29) is 35.5 Å². The highest BCUT2D eigenvalue weighted by molar-refractivity contribution is 5.99. The van der Waals surface area contributed by atoms with Gasteiger partial charge in [0, 0.05) is 19.3 Å². The molecular weight excluding hydrogens is 545 g/mol. The molecule has 0 aliphatic carbocycles. The number of fused-ring (bicyclic) bond motifs is 1. The van der Waals surface area contributed by atoms with E-state index in [2.05, 4.69) is 10.3 Å². The molecule has 0 unspecified atom stereocenters. The number of alkyl halides is 3. The molecule has 2 aromatic heterocycles. The molecule has 212 valence electrons. The van der Waals surface area contributed by atoms with Crippen LogP contribution in [0.25, 0.3) is 16.7 Å². The van der Waals surface area contributed by atoms with Crippen LogP contribution in [-0.2, 0) is 9.53 Å². The number of nitrogens with one attached hydrogen (secondary N) is 2. The fourth-order valence-electron chi connectivity index (χ4n) is 4.20. The van der Waals surface area contributed by atoms with Crippen molar-refractivity contribution in [1.82, 2.24) is 20.2 Å². The Morgan fingerprint density at radius 3 is 2.52 bits per heavy atom. The van der Waals surface area contributed by atoms with Gasteiger partial charge in [-0.25, -0.2) is 18.6 Å². The molecular formula is C25H22F5N5O5. The van der Waals surface area contributed by atoms with E-state index in [1.807, 2.05) is 0 Å². The molecule has 3 heterocycles. The maximum atomic E-state index is 14.9. The van der Waals surface area contributed by atoms with Crippen LogP contribution in [-0.4, -0.2) is 59.4 Å². The van der Waals surface area contributed by atoms with E-state index in [1.165, 1.54) is 31.0 Å². The van der Waals surface area contributed by atoms with Crippen molar-refractivity contribution in [3.8, 4) is 5.69 Å². The first kappa shape index (κ1) is 28.4. The summed E-state index contributed by atoms with van der Waals surface area (Å²) in [6.07, 6.45) is -6.23. The van der Waals surface area contributed by atoms with Crippen molar-refractivity contribution in [3.05, 3.63) is 63.9 Å². The highest BCUT2D eigenvalue weighted by atomic mass is 19.4. The minimum Gasteiger partial charge on any atom is -0.444 e. The predicted molar refractivity (Wildman–Crippen MR) is 131 cm³/mol. The van der Waals surface area contributed by atoms with Gasteiger partial charge in [-0.05, 0) is 30.7 Å². The lowest BCUT2D eigenvalue weighted by atomic mass is 10.1. The summed E-state index contributed by atoms with van der Waals surface area (Å²) in [4.78, 5) is 55.7. The molecule has 3 amide bonds. The number of benzene rings is 1. The number of hydrogen-bond donors (Lipinski definition) is 2. The molecule has 40 heavy (non-hydrogen) atoms. The number of rotatable bonds is 6. The third kappa shape index (κ3) is 5.58. The first-order valence-electron chi connectivity index (χ1n) is 11.9. The number of amides is 3. The van der Waals surface area contributed by atoms with Crippen LogP contribution in [0.4, 0.5) is 32.6 Å². The number of ether oxygens (including phenoxy) is 1. The van der Waals surface area contributed by atoms with E-state index in [9.17, 15) is 41.1 Å². The average Bonchev–Trinajstić information content (AvgIpc) is 3.26. The molecule has 1 aromatic carbocycles. The van der Waals surface area contributed by atoms with Gasteiger partial charge in [0.05, 0.1) is 24.0 Å². The Balaban J connectivity index is 1.85. The first-order valence-corrected chi connectivity index (χ1v) is 11.9. The zero-order valence-electron chi connectivity index (χ0n) is 21.0. The zero-order chi connectivity index (χ0) is 29.4. The van der Waals surface area contributed by atoms with Crippen LogP contribution in [0.1, 0.15) is 30.1 Å². The van der Waals surface area contributed by atoms with Crippen LogP contribution in [0.2, 0.25) is 0 Å². The second kappa shape index (κ2) is 10.9. The molecule has 0 saturated carbocycles. The second-order valence-corrected chi connectivity index (χ2v) is 8.84. The van der Waals surface area contributed by atoms with Gasteiger partial charge in [-0.15, -0.1) is 0 Å². The lowest BCUT2D eigenvalue weighted by molar-refractivity contribution is -0.153. The molecule has 1 saturated heterocycles. The summed E-state index contributed by atoms with van der Waals surface area (Å²) < 4.78 is 74.3. The number of nitrogens with zero attached hydrogens (tertiary/aromatic N) is 3. The van der Waals surface area contributed by atoms with Crippen molar-refractivity contribution in [2.24, 2.45) is 0 Å². The van der Waals surface area contributed by atoms with Gasteiger partial charge in [0.25, 0.3) is 5.91 Å². The Labute approximate surface area is 222 Å². The van der Waals surface area contributed by atoms with Crippen LogP contribution < -0.4 is 21.0 Å². The number of alkyl carbamates (subject to hydrolysis) is 1. The molecule has 1 aliphatic rings. The summed E-state index contributed by atoms with van der Waals surface area (Å²) in [6, 6.07) is 2.59. The molecule has 2 N–H and O–H groups in total. The van der Waals surface area contributed by atoms with Crippen molar-refractivity contribution in [2.75, 3.05) is 18.5 Å². The Hall–Kier alpha value is -4.56. The van der Waals surface area contributed by atoms with Crippen molar-refractivity contribution in [3.63, 3.8) is 0 Å². The highest BCUT2D eigenvalue weighted by Gasteiger charge is 2.40. The van der Waals surface area contributed by atoms with Gasteiger partial charge in [-0.1, -0.05) is 6.92 Å². The van der Waals surface area contributed by atoms with Crippen molar-refractivity contribution < 1.29 is 41.1 Å². The maximum absolute atomic E-state index is 14.9. The standard InChI is InChI=1S/C25H22F5N5O5/c1-3-18(25(28,29)30)32-23(38)15-11-34(17-6-4-12(26)8-16(17)27)22-14(21(15)37)5-7-19(33-22)35-10-13(9-20(35)36)40-24(39)31-2/h4-8,11,13,18H,3,9-10H2,1-2H3,(H,31,39)(H,32,38)/t13-,18+/m0/s1. The largest absolute Gasteiger partial charge is 0.444 e. The van der Waals surface area contributed by atoms with E-state index in [1.54, 1.807) is 5.32 Å². The quantitative estimate of drug-likeness (QED) is 0.442. The monoisotopic (exact) mass is 567 g/mol. The lowest BCUT2D eigenvalue weighted by Crippen LogP contribution is -2.46. The lowest BCUT2D eigenvalue weighted by Gasteiger charge is -2.21. The molecule has 1 aliphatic heterocycles. The fourth-order valence-corrected chi connectivity index (χ4v) is 4.20. The summed E-state index contributed by atoms with van der Waals surface area (Å²) in [5, 5.41) is 3.74. The van der Waals surface area contributed by atoms with E-state index >= 15 is 0 Å². The summed E-state index contributed by atoms with van der Waals surface area (Å²) in [6.45, 7) is 1.11. The van der Waals surface area contributed by atoms with Crippen LogP contribution >= 0.6 is 0 Å². The van der Waals surface area contributed by atoms with E-state index in [4.69, 9.17) is 4.74 Å². The van der Waals surface area contributed by atoms with Gasteiger partial charge in [0.15, 0.2) is 5.65 Å². The smallest absolute Gasteiger partial charge is 0.408 e. The molecule has 0 bridgehead atoms. The van der Waals surface area contributed by atoms with E-state index < -0.39 is 65.3 Å². The van der Waals surface area contributed by atoms with Gasteiger partial charge in [-0.2, -0.15) is 13.2 Å². The zero-order valence-corrected chi connectivity index (χ0v) is 21.0. The molecule has 15 heteroatoms. The minimum atomic E-state index is -4.79. The Bertz CT molecular complexity index is 1560. The SMILES string of the molecule is CC[C@@H](NC(=O)c1cn(-c2ccc(F)cc2F)c2nc(N3C[C@@H](OC(=O)NC)CC3=O)ccc2c1=O)C(F)(F)F. The molecule has 0 radical (unpaired) electrons. The number of carbonyl (C=O) groups is 3. The Morgan fingerprint density at radius 1 is 1.18 bits per heavy atom. The van der Waals surface area contributed by atoms with Crippen LogP contribution in [0.3, 0.4) is 0 Å². The predicted octanol–water partition coefficient (Wildman–Crippen LogP) is 3.20. The first-order chi connectivity index (χ1) is 18.8. The van der Waals surface area contributed by atoms with Gasteiger partial charge >= 0.3 is 12.3 Å². The molecule has 3 aromatic rings. The van der Waals surface area contributed by atoms with Crippen LogP contribution in [0.5, 0.6) is 0 Å².